The van der Waals surface area contributed by atoms with Crippen molar-refractivity contribution in [1.29, 1.82) is 0 Å². The summed E-state index contributed by atoms with van der Waals surface area (Å²) in [7, 11) is 0. The van der Waals surface area contributed by atoms with Gasteiger partial charge in [0.05, 0.1) is 6.20 Å². The third-order valence-electron chi connectivity index (χ3n) is 2.82. The fourth-order valence-electron chi connectivity index (χ4n) is 1.81. The first-order valence-corrected chi connectivity index (χ1v) is 6.10. The molecule has 2 nitrogen and oxygen atoms in total. The molecule has 0 aliphatic heterocycles. The molecular formula is C13H21FN2. The Hall–Kier alpha value is -0.960. The van der Waals surface area contributed by atoms with Crippen molar-refractivity contribution in [3.8, 4) is 0 Å². The predicted molar refractivity (Wildman–Crippen MR) is 64.5 cm³/mol. The van der Waals surface area contributed by atoms with Gasteiger partial charge in [-0.15, -0.1) is 0 Å². The Balaban J connectivity index is 2.30. The van der Waals surface area contributed by atoms with E-state index in [1.807, 2.05) is 0 Å². The van der Waals surface area contributed by atoms with Crippen LogP contribution in [0.1, 0.15) is 57.1 Å². The van der Waals surface area contributed by atoms with Gasteiger partial charge in [-0.05, 0) is 12.5 Å². The molecule has 0 bridgehead atoms. The standard InChI is InChI=1S/C13H21FN2/c1-2-3-4-5-6-7-13(15)11-8-9-16-10-12(11)14/h8-10,13H,2-7,15H2,1H3. The van der Waals surface area contributed by atoms with E-state index in [1.165, 1.54) is 31.9 Å². The summed E-state index contributed by atoms with van der Waals surface area (Å²) in [6, 6.07) is 1.48. The molecule has 0 spiro atoms. The van der Waals surface area contributed by atoms with E-state index in [4.69, 9.17) is 5.73 Å². The average Bonchev–Trinajstić information content (AvgIpc) is 2.29. The van der Waals surface area contributed by atoms with Gasteiger partial charge in [-0.3, -0.25) is 4.98 Å². The molecule has 0 saturated carbocycles. The third-order valence-corrected chi connectivity index (χ3v) is 2.82. The summed E-state index contributed by atoms with van der Waals surface area (Å²) in [4.78, 5) is 3.72. The molecule has 1 unspecified atom stereocenters. The normalized spacial score (nSPS) is 12.7. The van der Waals surface area contributed by atoms with Gasteiger partial charge in [-0.1, -0.05) is 39.0 Å². The van der Waals surface area contributed by atoms with Gasteiger partial charge in [0.25, 0.3) is 0 Å². The lowest BCUT2D eigenvalue weighted by Gasteiger charge is -2.12. The van der Waals surface area contributed by atoms with Gasteiger partial charge in [0.2, 0.25) is 0 Å². The minimum atomic E-state index is -0.288. The number of nitrogens with zero attached hydrogens (tertiary/aromatic N) is 1. The molecule has 1 aromatic heterocycles. The van der Waals surface area contributed by atoms with Crippen LogP contribution in [0, 0.1) is 5.82 Å². The summed E-state index contributed by atoms with van der Waals surface area (Å²) in [5.41, 5.74) is 6.53. The van der Waals surface area contributed by atoms with Crippen LogP contribution >= 0.6 is 0 Å². The van der Waals surface area contributed by atoms with Crippen molar-refractivity contribution < 1.29 is 4.39 Å². The highest BCUT2D eigenvalue weighted by Gasteiger charge is 2.10. The van der Waals surface area contributed by atoms with Crippen LogP contribution in [0.3, 0.4) is 0 Å². The van der Waals surface area contributed by atoms with Gasteiger partial charge < -0.3 is 5.73 Å². The van der Waals surface area contributed by atoms with E-state index in [0.717, 1.165) is 12.8 Å². The zero-order valence-corrected chi connectivity index (χ0v) is 9.95. The fraction of sp³-hybridized carbons (Fsp3) is 0.615. The lowest BCUT2D eigenvalue weighted by Crippen LogP contribution is -2.12. The van der Waals surface area contributed by atoms with Gasteiger partial charge >= 0.3 is 0 Å². The molecule has 0 aliphatic rings. The topological polar surface area (TPSA) is 38.9 Å². The Kier molecular flexibility index (Phi) is 6.01. The van der Waals surface area contributed by atoms with Gasteiger partial charge in [-0.25, -0.2) is 4.39 Å². The first-order chi connectivity index (χ1) is 7.75. The Bertz CT molecular complexity index is 302. The molecule has 0 saturated heterocycles. The monoisotopic (exact) mass is 224 g/mol. The first kappa shape index (κ1) is 13.1. The van der Waals surface area contributed by atoms with Gasteiger partial charge in [0, 0.05) is 17.8 Å². The van der Waals surface area contributed by atoms with Crippen molar-refractivity contribution in [2.75, 3.05) is 0 Å². The summed E-state index contributed by atoms with van der Waals surface area (Å²) < 4.78 is 13.3. The fourth-order valence-corrected chi connectivity index (χ4v) is 1.81. The van der Waals surface area contributed by atoms with Crippen LogP contribution in [0.25, 0.3) is 0 Å². The number of pyridine rings is 1. The molecule has 0 fully saturated rings. The summed E-state index contributed by atoms with van der Waals surface area (Å²) in [5.74, 6) is -0.288. The van der Waals surface area contributed by atoms with E-state index < -0.39 is 0 Å². The largest absolute Gasteiger partial charge is 0.324 e. The molecule has 3 heteroatoms. The smallest absolute Gasteiger partial charge is 0.146 e. The maximum Gasteiger partial charge on any atom is 0.146 e. The van der Waals surface area contributed by atoms with Gasteiger partial charge in [0.15, 0.2) is 0 Å². The lowest BCUT2D eigenvalue weighted by atomic mass is 10.0. The minimum absolute atomic E-state index is 0.190. The van der Waals surface area contributed by atoms with Crippen molar-refractivity contribution in [3.05, 3.63) is 29.8 Å². The van der Waals surface area contributed by atoms with Crippen LogP contribution in [-0.4, -0.2) is 4.98 Å². The van der Waals surface area contributed by atoms with Crippen LogP contribution in [0.4, 0.5) is 4.39 Å². The molecule has 1 heterocycles. The Morgan fingerprint density at radius 2 is 2.06 bits per heavy atom. The number of hydrogen-bond acceptors (Lipinski definition) is 2. The molecule has 1 atom stereocenters. The number of halogens is 1. The number of aromatic nitrogens is 1. The summed E-state index contributed by atoms with van der Waals surface area (Å²) in [5, 5.41) is 0. The Labute approximate surface area is 97.1 Å². The second-order valence-electron chi connectivity index (χ2n) is 4.21. The number of rotatable bonds is 7. The van der Waals surface area contributed by atoms with E-state index in [2.05, 4.69) is 11.9 Å². The molecule has 0 amide bonds. The van der Waals surface area contributed by atoms with E-state index >= 15 is 0 Å². The summed E-state index contributed by atoms with van der Waals surface area (Å²) in [6.45, 7) is 2.19. The molecule has 90 valence electrons. The molecule has 16 heavy (non-hydrogen) atoms. The van der Waals surface area contributed by atoms with E-state index in [-0.39, 0.29) is 11.9 Å². The predicted octanol–water partition coefficient (Wildman–Crippen LogP) is 3.58. The van der Waals surface area contributed by atoms with Crippen molar-refractivity contribution in [1.82, 2.24) is 4.98 Å². The van der Waals surface area contributed by atoms with Crippen LogP contribution in [-0.2, 0) is 0 Å². The van der Waals surface area contributed by atoms with Crippen molar-refractivity contribution in [2.45, 2.75) is 51.5 Å². The maximum absolute atomic E-state index is 13.3. The minimum Gasteiger partial charge on any atom is -0.324 e. The van der Waals surface area contributed by atoms with Gasteiger partial charge in [-0.2, -0.15) is 0 Å². The Morgan fingerprint density at radius 1 is 1.31 bits per heavy atom. The zero-order chi connectivity index (χ0) is 11.8. The number of unbranched alkanes of at least 4 members (excludes halogenated alkanes) is 4. The quantitative estimate of drug-likeness (QED) is 0.719. The van der Waals surface area contributed by atoms with Crippen LogP contribution < -0.4 is 5.73 Å². The van der Waals surface area contributed by atoms with Crippen molar-refractivity contribution in [2.24, 2.45) is 5.73 Å². The van der Waals surface area contributed by atoms with Crippen LogP contribution in [0.15, 0.2) is 18.5 Å². The average molecular weight is 224 g/mol. The second-order valence-corrected chi connectivity index (χ2v) is 4.21. The molecular weight excluding hydrogens is 203 g/mol. The SMILES string of the molecule is CCCCCCCC(N)c1ccncc1F. The van der Waals surface area contributed by atoms with Crippen molar-refractivity contribution in [3.63, 3.8) is 0 Å². The van der Waals surface area contributed by atoms with Crippen LogP contribution in [0.2, 0.25) is 0 Å². The maximum atomic E-state index is 13.3. The number of nitrogens with two attached hydrogens (primary N) is 1. The zero-order valence-electron chi connectivity index (χ0n) is 9.95. The Morgan fingerprint density at radius 3 is 2.75 bits per heavy atom. The molecule has 0 aromatic carbocycles. The number of hydrogen-bond donors (Lipinski definition) is 1. The third kappa shape index (κ3) is 4.27. The highest BCUT2D eigenvalue weighted by atomic mass is 19.1. The first-order valence-electron chi connectivity index (χ1n) is 6.10. The highest BCUT2D eigenvalue weighted by molar-refractivity contribution is 5.16. The summed E-state index contributed by atoms with van der Waals surface area (Å²) in [6.07, 6.45) is 9.70. The second kappa shape index (κ2) is 7.34. The van der Waals surface area contributed by atoms with Crippen LogP contribution in [0.5, 0.6) is 0 Å². The summed E-state index contributed by atoms with van der Waals surface area (Å²) >= 11 is 0. The van der Waals surface area contributed by atoms with E-state index in [9.17, 15) is 4.39 Å². The van der Waals surface area contributed by atoms with Crippen molar-refractivity contribution >= 4 is 0 Å². The molecule has 1 rings (SSSR count). The molecule has 0 aliphatic carbocycles. The molecule has 2 N–H and O–H groups in total. The van der Waals surface area contributed by atoms with E-state index in [0.29, 0.717) is 5.56 Å². The highest BCUT2D eigenvalue weighted by Crippen LogP contribution is 2.19. The van der Waals surface area contributed by atoms with Gasteiger partial charge in [0.1, 0.15) is 5.82 Å². The molecule has 1 aromatic rings. The molecule has 0 radical (unpaired) electrons. The van der Waals surface area contributed by atoms with E-state index in [1.54, 1.807) is 12.3 Å². The lowest BCUT2D eigenvalue weighted by molar-refractivity contribution is 0.524.